The Labute approximate surface area is 155 Å². The van der Waals surface area contributed by atoms with Gasteiger partial charge in [-0.25, -0.2) is 0 Å². The largest absolute Gasteiger partial charge is 0.492 e. The first-order chi connectivity index (χ1) is 12.5. The van der Waals surface area contributed by atoms with Crippen LogP contribution in [0.15, 0.2) is 24.3 Å². The topological polar surface area (TPSA) is 55.8 Å². The molecule has 1 saturated carbocycles. The lowest BCUT2D eigenvalue weighted by molar-refractivity contribution is -0.155. The Hall–Kier alpha value is -2.04. The average Bonchev–Trinajstić information content (AvgIpc) is 2.97. The van der Waals surface area contributed by atoms with Crippen LogP contribution in [-0.2, 0) is 20.7 Å². The van der Waals surface area contributed by atoms with Crippen molar-refractivity contribution in [3.8, 4) is 5.75 Å². The van der Waals surface area contributed by atoms with Crippen molar-refractivity contribution in [2.45, 2.75) is 57.5 Å². The van der Waals surface area contributed by atoms with Gasteiger partial charge in [-0.05, 0) is 49.8 Å². The molecule has 0 aromatic heterocycles. The van der Waals surface area contributed by atoms with Crippen LogP contribution >= 0.6 is 0 Å². The Kier molecular flexibility index (Phi) is 5.84. The maximum atomic E-state index is 12.9. The maximum Gasteiger partial charge on any atom is 0.307 e. The molecule has 1 amide bonds. The molecule has 26 heavy (non-hydrogen) atoms. The lowest BCUT2D eigenvalue weighted by Crippen LogP contribution is -2.47. The first-order valence-electron chi connectivity index (χ1n) is 9.72. The van der Waals surface area contributed by atoms with Gasteiger partial charge >= 0.3 is 5.97 Å². The molecule has 142 valence electrons. The number of rotatable bonds is 6. The van der Waals surface area contributed by atoms with Gasteiger partial charge in [0.25, 0.3) is 0 Å². The predicted molar refractivity (Wildman–Crippen MR) is 99.0 cm³/mol. The predicted octanol–water partition coefficient (Wildman–Crippen LogP) is 3.35. The van der Waals surface area contributed by atoms with Crippen LogP contribution in [0.3, 0.4) is 0 Å². The lowest BCUT2D eigenvalue weighted by Gasteiger charge is -2.37. The number of hydrogen-bond acceptors (Lipinski definition) is 4. The van der Waals surface area contributed by atoms with Crippen molar-refractivity contribution >= 4 is 11.9 Å². The molecule has 2 fully saturated rings. The van der Waals surface area contributed by atoms with Crippen LogP contribution in [-0.4, -0.2) is 42.6 Å². The summed E-state index contributed by atoms with van der Waals surface area (Å²) in [5.41, 5.74) is 0.671. The van der Waals surface area contributed by atoms with E-state index < -0.39 is 5.60 Å². The Morgan fingerprint density at radius 3 is 2.81 bits per heavy atom. The lowest BCUT2D eigenvalue weighted by atomic mass is 9.75. The number of benzene rings is 1. The summed E-state index contributed by atoms with van der Waals surface area (Å²) in [7, 11) is 1.79. The van der Waals surface area contributed by atoms with Crippen LogP contribution in [0.1, 0.15) is 51.0 Å². The second kappa shape index (κ2) is 8.11. The minimum Gasteiger partial charge on any atom is -0.492 e. The molecule has 1 saturated heterocycles. The Balaban J connectivity index is 1.56. The number of carbonyl (C=O) groups is 2. The second-order valence-electron chi connectivity index (χ2n) is 7.47. The zero-order valence-electron chi connectivity index (χ0n) is 15.8. The fraction of sp³-hybridized carbons (Fsp3) is 0.619. The molecule has 5 heteroatoms. The monoisotopic (exact) mass is 359 g/mol. The second-order valence-corrected chi connectivity index (χ2v) is 7.47. The van der Waals surface area contributed by atoms with E-state index >= 15 is 0 Å². The minimum atomic E-state index is -0.559. The van der Waals surface area contributed by atoms with E-state index in [-0.39, 0.29) is 24.2 Å². The van der Waals surface area contributed by atoms with Crippen molar-refractivity contribution in [1.82, 2.24) is 4.90 Å². The summed E-state index contributed by atoms with van der Waals surface area (Å²) in [6, 6.07) is 8.02. The Bertz CT molecular complexity index is 651. The van der Waals surface area contributed by atoms with Gasteiger partial charge in [0.05, 0.1) is 18.9 Å². The third-order valence-electron chi connectivity index (χ3n) is 5.70. The number of hydrogen-bond donors (Lipinski definition) is 0. The third-order valence-corrected chi connectivity index (χ3v) is 5.70. The number of ether oxygens (including phenoxy) is 2. The zero-order chi connectivity index (χ0) is 18.6. The summed E-state index contributed by atoms with van der Waals surface area (Å²) in [6.45, 7) is 3.04. The first kappa shape index (κ1) is 18.7. The smallest absolute Gasteiger partial charge is 0.307 e. The highest BCUT2D eigenvalue weighted by Gasteiger charge is 2.53. The molecule has 1 aliphatic carbocycles. The highest BCUT2D eigenvalue weighted by molar-refractivity contribution is 5.87. The van der Waals surface area contributed by atoms with Crippen LogP contribution in [0, 0.1) is 5.92 Å². The minimum absolute atomic E-state index is 0.00339. The fourth-order valence-electron chi connectivity index (χ4n) is 4.14. The SMILES string of the molecule is CCc1cccc(OCCN(C)C(=O)[C@H]2CC(=O)OC23CCCCC3)c1. The number of nitrogens with zero attached hydrogens (tertiary/aromatic N) is 1. The molecule has 0 unspecified atom stereocenters. The van der Waals surface area contributed by atoms with E-state index in [1.807, 2.05) is 18.2 Å². The van der Waals surface area contributed by atoms with Gasteiger partial charge in [-0.1, -0.05) is 25.5 Å². The molecular formula is C21H29NO4. The maximum absolute atomic E-state index is 12.9. The Morgan fingerprint density at radius 1 is 1.31 bits per heavy atom. The van der Waals surface area contributed by atoms with Gasteiger partial charge in [-0.15, -0.1) is 0 Å². The molecule has 1 aromatic carbocycles. The third kappa shape index (κ3) is 4.02. The van der Waals surface area contributed by atoms with E-state index in [0.29, 0.717) is 13.2 Å². The number of aryl methyl sites for hydroxylation is 1. The molecule has 1 aliphatic heterocycles. The van der Waals surface area contributed by atoms with Gasteiger partial charge in [0.15, 0.2) is 0 Å². The van der Waals surface area contributed by atoms with Crippen molar-refractivity contribution in [2.24, 2.45) is 5.92 Å². The highest BCUT2D eigenvalue weighted by atomic mass is 16.6. The van der Waals surface area contributed by atoms with Crippen LogP contribution in [0.2, 0.25) is 0 Å². The van der Waals surface area contributed by atoms with Crippen molar-refractivity contribution in [3.05, 3.63) is 29.8 Å². The quantitative estimate of drug-likeness (QED) is 0.731. The van der Waals surface area contributed by atoms with Crippen molar-refractivity contribution in [3.63, 3.8) is 0 Å². The molecule has 0 N–H and O–H groups in total. The summed E-state index contributed by atoms with van der Waals surface area (Å²) < 4.78 is 11.5. The molecule has 0 radical (unpaired) electrons. The molecule has 1 heterocycles. The molecule has 2 aliphatic rings. The number of esters is 1. The number of carbonyl (C=O) groups excluding carboxylic acids is 2. The van der Waals surface area contributed by atoms with Crippen molar-refractivity contribution < 1.29 is 19.1 Å². The summed E-state index contributed by atoms with van der Waals surface area (Å²) in [4.78, 5) is 26.5. The van der Waals surface area contributed by atoms with Gasteiger partial charge in [0, 0.05) is 7.05 Å². The molecule has 3 rings (SSSR count). The molecule has 5 nitrogen and oxygen atoms in total. The molecular weight excluding hydrogens is 330 g/mol. The van der Waals surface area contributed by atoms with E-state index in [2.05, 4.69) is 13.0 Å². The van der Waals surface area contributed by atoms with Gasteiger partial charge in [-0.3, -0.25) is 9.59 Å². The zero-order valence-corrected chi connectivity index (χ0v) is 15.8. The molecule has 1 aromatic rings. The van der Waals surface area contributed by atoms with E-state index in [1.54, 1.807) is 11.9 Å². The normalized spacial score (nSPS) is 21.5. The average molecular weight is 359 g/mol. The van der Waals surface area contributed by atoms with Crippen molar-refractivity contribution in [1.29, 1.82) is 0 Å². The Morgan fingerprint density at radius 2 is 2.08 bits per heavy atom. The van der Waals surface area contributed by atoms with Crippen LogP contribution in [0.4, 0.5) is 0 Å². The van der Waals surface area contributed by atoms with E-state index in [4.69, 9.17) is 9.47 Å². The van der Waals surface area contributed by atoms with Crippen LogP contribution < -0.4 is 4.74 Å². The van der Waals surface area contributed by atoms with Gasteiger partial charge in [0.2, 0.25) is 5.91 Å². The summed E-state index contributed by atoms with van der Waals surface area (Å²) >= 11 is 0. The number of likely N-dealkylation sites (N-methyl/N-ethyl adjacent to an activating group) is 1. The molecule has 1 spiro atoms. The van der Waals surface area contributed by atoms with Gasteiger partial charge in [0.1, 0.15) is 18.0 Å². The summed E-state index contributed by atoms with van der Waals surface area (Å²) in [6.07, 6.45) is 6.00. The van der Waals surface area contributed by atoms with Crippen molar-refractivity contribution in [2.75, 3.05) is 20.2 Å². The van der Waals surface area contributed by atoms with Crippen LogP contribution in [0.25, 0.3) is 0 Å². The van der Waals surface area contributed by atoms with Crippen LogP contribution in [0.5, 0.6) is 5.75 Å². The summed E-state index contributed by atoms with van der Waals surface area (Å²) in [5.74, 6) is 0.256. The first-order valence-corrected chi connectivity index (χ1v) is 9.72. The fourth-order valence-corrected chi connectivity index (χ4v) is 4.14. The van der Waals surface area contributed by atoms with E-state index in [0.717, 1.165) is 44.3 Å². The van der Waals surface area contributed by atoms with E-state index in [9.17, 15) is 9.59 Å². The van der Waals surface area contributed by atoms with Gasteiger partial charge < -0.3 is 14.4 Å². The number of amides is 1. The molecule has 1 atom stereocenters. The molecule has 0 bridgehead atoms. The standard InChI is InChI=1S/C21H29NO4/c1-3-16-8-7-9-17(14-16)25-13-12-22(2)20(24)18-15-19(23)26-21(18)10-5-4-6-11-21/h7-9,14,18H,3-6,10-13,15H2,1-2H3/t18-/m1/s1. The van der Waals surface area contributed by atoms with E-state index in [1.165, 1.54) is 5.56 Å². The summed E-state index contributed by atoms with van der Waals surface area (Å²) in [5, 5.41) is 0. The highest BCUT2D eigenvalue weighted by Crippen LogP contribution is 2.44. The van der Waals surface area contributed by atoms with Gasteiger partial charge in [-0.2, -0.15) is 0 Å².